The number of rotatable bonds is 2. The van der Waals surface area contributed by atoms with Crippen molar-refractivity contribution in [2.24, 2.45) is 0 Å². The van der Waals surface area contributed by atoms with Crippen molar-refractivity contribution in [1.82, 2.24) is 14.9 Å². The number of hydrogen-bond donors (Lipinski definition) is 1. The molecule has 7 heteroatoms. The minimum Gasteiger partial charge on any atom is -0.399 e. The van der Waals surface area contributed by atoms with Crippen LogP contribution in [0.25, 0.3) is 0 Å². The van der Waals surface area contributed by atoms with Crippen molar-refractivity contribution in [3.8, 4) is 0 Å². The summed E-state index contributed by atoms with van der Waals surface area (Å²) >= 11 is 6.10. The van der Waals surface area contributed by atoms with Gasteiger partial charge in [0.1, 0.15) is 0 Å². The molecule has 1 aliphatic rings. The molecule has 2 N–H and O–H groups in total. The monoisotopic (exact) mass is 317 g/mol. The molecule has 6 nitrogen and oxygen atoms in total. The normalized spacial score (nSPS) is 15.0. The molecule has 2 aromatic rings. The predicted octanol–water partition coefficient (Wildman–Crippen LogP) is 1.67. The smallest absolute Gasteiger partial charge is 0.255 e. The number of piperazine rings is 1. The second kappa shape index (κ2) is 6.19. The van der Waals surface area contributed by atoms with Crippen molar-refractivity contribution in [1.29, 1.82) is 0 Å². The Morgan fingerprint density at radius 1 is 1.14 bits per heavy atom. The van der Waals surface area contributed by atoms with Gasteiger partial charge in [-0.25, -0.2) is 9.97 Å². The number of hydrogen-bond acceptors (Lipinski definition) is 5. The summed E-state index contributed by atoms with van der Waals surface area (Å²) in [6.07, 6.45) is 3.43. The highest BCUT2D eigenvalue weighted by atomic mass is 35.5. The molecule has 114 valence electrons. The molecule has 0 spiro atoms. The third-order valence-corrected chi connectivity index (χ3v) is 3.95. The van der Waals surface area contributed by atoms with Crippen LogP contribution in [-0.2, 0) is 0 Å². The van der Waals surface area contributed by atoms with Crippen LogP contribution in [0.5, 0.6) is 0 Å². The lowest BCUT2D eigenvalue weighted by atomic mass is 10.1. The van der Waals surface area contributed by atoms with E-state index in [4.69, 9.17) is 17.3 Å². The molecule has 1 amide bonds. The van der Waals surface area contributed by atoms with Gasteiger partial charge in [0.2, 0.25) is 5.95 Å². The third-order valence-electron chi connectivity index (χ3n) is 3.62. The van der Waals surface area contributed by atoms with E-state index in [1.165, 1.54) is 0 Å². The Kier molecular flexibility index (Phi) is 4.11. The summed E-state index contributed by atoms with van der Waals surface area (Å²) in [5.41, 5.74) is 6.72. The van der Waals surface area contributed by atoms with Crippen molar-refractivity contribution >= 4 is 29.1 Å². The quantitative estimate of drug-likeness (QED) is 0.853. The minimum absolute atomic E-state index is 0.0917. The fraction of sp³-hybridized carbons (Fsp3) is 0.267. The minimum atomic E-state index is -0.0917. The summed E-state index contributed by atoms with van der Waals surface area (Å²) in [5, 5.41) is 0.424. The molecule has 0 radical (unpaired) electrons. The highest BCUT2D eigenvalue weighted by molar-refractivity contribution is 6.34. The molecule has 0 unspecified atom stereocenters. The van der Waals surface area contributed by atoms with Crippen molar-refractivity contribution in [2.45, 2.75) is 0 Å². The van der Waals surface area contributed by atoms with Crippen molar-refractivity contribution in [3.63, 3.8) is 0 Å². The van der Waals surface area contributed by atoms with Crippen LogP contribution in [0.4, 0.5) is 11.6 Å². The topological polar surface area (TPSA) is 75.4 Å². The van der Waals surface area contributed by atoms with Crippen LogP contribution in [0.1, 0.15) is 10.4 Å². The van der Waals surface area contributed by atoms with Gasteiger partial charge in [-0.3, -0.25) is 4.79 Å². The van der Waals surface area contributed by atoms with Gasteiger partial charge in [-0.1, -0.05) is 11.6 Å². The van der Waals surface area contributed by atoms with E-state index >= 15 is 0 Å². The zero-order valence-corrected chi connectivity index (χ0v) is 12.7. The summed E-state index contributed by atoms with van der Waals surface area (Å²) < 4.78 is 0. The van der Waals surface area contributed by atoms with E-state index in [1.54, 1.807) is 41.6 Å². The van der Waals surface area contributed by atoms with E-state index in [-0.39, 0.29) is 5.91 Å². The number of aromatic nitrogens is 2. The average Bonchev–Trinajstić information content (AvgIpc) is 2.57. The summed E-state index contributed by atoms with van der Waals surface area (Å²) in [7, 11) is 0. The van der Waals surface area contributed by atoms with Gasteiger partial charge < -0.3 is 15.5 Å². The molecule has 3 rings (SSSR count). The molecular formula is C15H16ClN5O. The largest absolute Gasteiger partial charge is 0.399 e. The lowest BCUT2D eigenvalue weighted by Gasteiger charge is -2.34. The Hall–Kier alpha value is -2.34. The van der Waals surface area contributed by atoms with Gasteiger partial charge in [0.25, 0.3) is 5.91 Å². The number of benzene rings is 1. The number of carbonyl (C=O) groups is 1. The predicted molar refractivity (Wildman–Crippen MR) is 86.0 cm³/mol. The van der Waals surface area contributed by atoms with Crippen LogP contribution in [0.15, 0.2) is 36.7 Å². The van der Waals surface area contributed by atoms with Crippen LogP contribution in [0.2, 0.25) is 5.02 Å². The van der Waals surface area contributed by atoms with E-state index in [0.29, 0.717) is 48.4 Å². The van der Waals surface area contributed by atoms with Crippen molar-refractivity contribution in [2.75, 3.05) is 36.8 Å². The van der Waals surface area contributed by atoms with Gasteiger partial charge >= 0.3 is 0 Å². The van der Waals surface area contributed by atoms with Gasteiger partial charge in [-0.2, -0.15) is 0 Å². The molecule has 0 saturated carbocycles. The molecule has 0 atom stereocenters. The molecule has 1 aliphatic heterocycles. The second-order valence-corrected chi connectivity index (χ2v) is 5.47. The lowest BCUT2D eigenvalue weighted by molar-refractivity contribution is 0.0746. The molecule has 1 aromatic carbocycles. The fourth-order valence-corrected chi connectivity index (χ4v) is 2.64. The molecular weight excluding hydrogens is 302 g/mol. The number of amides is 1. The Labute approximate surface area is 133 Å². The van der Waals surface area contributed by atoms with E-state index in [1.807, 2.05) is 0 Å². The molecule has 1 saturated heterocycles. The van der Waals surface area contributed by atoms with Crippen molar-refractivity contribution in [3.05, 3.63) is 47.2 Å². The van der Waals surface area contributed by atoms with E-state index in [0.717, 1.165) is 0 Å². The first-order chi connectivity index (χ1) is 10.6. The van der Waals surface area contributed by atoms with Crippen LogP contribution in [0.3, 0.4) is 0 Å². The number of nitrogens with two attached hydrogens (primary N) is 1. The third kappa shape index (κ3) is 2.96. The lowest BCUT2D eigenvalue weighted by Crippen LogP contribution is -2.49. The van der Waals surface area contributed by atoms with Gasteiger partial charge in [0, 0.05) is 44.3 Å². The van der Waals surface area contributed by atoms with E-state index < -0.39 is 0 Å². The standard InChI is InChI=1S/C15H16ClN5O/c16-13-3-2-11(17)10-12(13)14(22)20-6-8-21(9-7-20)15-18-4-1-5-19-15/h1-5,10H,6-9,17H2. The maximum atomic E-state index is 12.6. The highest BCUT2D eigenvalue weighted by Gasteiger charge is 2.24. The van der Waals surface area contributed by atoms with E-state index in [9.17, 15) is 4.79 Å². The Balaban J connectivity index is 1.68. The highest BCUT2D eigenvalue weighted by Crippen LogP contribution is 2.21. The van der Waals surface area contributed by atoms with Crippen LogP contribution >= 0.6 is 11.6 Å². The number of nitrogen functional groups attached to an aromatic ring is 1. The number of carbonyl (C=O) groups excluding carboxylic acids is 1. The van der Waals surface area contributed by atoms with Crippen LogP contribution in [0, 0.1) is 0 Å². The van der Waals surface area contributed by atoms with Crippen LogP contribution in [-0.4, -0.2) is 47.0 Å². The molecule has 0 aliphatic carbocycles. The Morgan fingerprint density at radius 3 is 2.50 bits per heavy atom. The van der Waals surface area contributed by atoms with E-state index in [2.05, 4.69) is 14.9 Å². The maximum absolute atomic E-state index is 12.6. The molecule has 1 fully saturated rings. The summed E-state index contributed by atoms with van der Waals surface area (Å²) in [4.78, 5) is 24.9. The second-order valence-electron chi connectivity index (χ2n) is 5.07. The van der Waals surface area contributed by atoms with Gasteiger partial charge in [-0.05, 0) is 24.3 Å². The number of nitrogens with zero attached hydrogens (tertiary/aromatic N) is 4. The van der Waals surface area contributed by atoms with Crippen molar-refractivity contribution < 1.29 is 4.79 Å². The Morgan fingerprint density at radius 2 is 1.82 bits per heavy atom. The van der Waals surface area contributed by atoms with Gasteiger partial charge in [-0.15, -0.1) is 0 Å². The average molecular weight is 318 g/mol. The molecule has 0 bridgehead atoms. The SMILES string of the molecule is Nc1ccc(Cl)c(C(=O)N2CCN(c3ncccn3)CC2)c1. The fourth-order valence-electron chi connectivity index (χ4n) is 2.44. The van der Waals surface area contributed by atoms with Gasteiger partial charge in [0.05, 0.1) is 10.6 Å². The number of halogens is 1. The first-order valence-electron chi connectivity index (χ1n) is 7.01. The molecule has 22 heavy (non-hydrogen) atoms. The first kappa shape index (κ1) is 14.6. The zero-order valence-electron chi connectivity index (χ0n) is 11.9. The molecule has 1 aromatic heterocycles. The summed E-state index contributed by atoms with van der Waals surface area (Å²) in [6, 6.07) is 6.74. The van der Waals surface area contributed by atoms with Gasteiger partial charge in [0.15, 0.2) is 0 Å². The number of anilines is 2. The zero-order chi connectivity index (χ0) is 15.5. The van der Waals surface area contributed by atoms with Crippen LogP contribution < -0.4 is 10.6 Å². The summed E-state index contributed by atoms with van der Waals surface area (Å²) in [5.74, 6) is 0.600. The first-order valence-corrected chi connectivity index (χ1v) is 7.39. The summed E-state index contributed by atoms with van der Waals surface area (Å²) in [6.45, 7) is 2.58. The maximum Gasteiger partial charge on any atom is 0.255 e. The Bertz CT molecular complexity index is 671. The molecule has 2 heterocycles.